The van der Waals surface area contributed by atoms with Crippen LogP contribution in [0.3, 0.4) is 0 Å². The van der Waals surface area contributed by atoms with Gasteiger partial charge in [-0.2, -0.15) is 0 Å². The minimum Gasteiger partial charge on any atom is -0.486 e. The van der Waals surface area contributed by atoms with Crippen LogP contribution in [0.25, 0.3) is 0 Å². The third-order valence-electron chi connectivity index (χ3n) is 5.22. The second-order valence-corrected chi connectivity index (χ2v) is 7.60. The van der Waals surface area contributed by atoms with Crippen molar-refractivity contribution in [3.63, 3.8) is 0 Å². The Morgan fingerprint density at radius 1 is 1.03 bits per heavy atom. The first kappa shape index (κ1) is 19.5. The Kier molecular flexibility index (Phi) is 5.85. The lowest BCUT2D eigenvalue weighted by atomic mass is 9.95. The van der Waals surface area contributed by atoms with Gasteiger partial charge in [-0.15, -0.1) is 0 Å². The first-order valence-corrected chi connectivity index (χ1v) is 10.1. The van der Waals surface area contributed by atoms with Crippen molar-refractivity contribution in [2.24, 2.45) is 5.92 Å². The Morgan fingerprint density at radius 3 is 2.48 bits per heavy atom. The number of hydrogen-bond donors (Lipinski definition) is 1. The number of nitrogens with one attached hydrogen (secondary N) is 1. The number of ether oxygens (including phenoxy) is 3. The van der Waals surface area contributed by atoms with E-state index >= 15 is 0 Å². The van der Waals surface area contributed by atoms with Crippen LogP contribution in [-0.4, -0.2) is 50.4 Å². The van der Waals surface area contributed by atoms with E-state index in [1.165, 1.54) is 0 Å². The lowest BCUT2D eigenvalue weighted by molar-refractivity contribution is 0.0925. The molecular weight excluding hydrogens is 370 g/mol. The summed E-state index contributed by atoms with van der Waals surface area (Å²) in [6.07, 6.45) is 1.64. The molecule has 0 radical (unpaired) electrons. The van der Waals surface area contributed by atoms with Crippen molar-refractivity contribution < 1.29 is 19.0 Å². The number of carbonyl (C=O) groups is 1. The van der Waals surface area contributed by atoms with Crippen molar-refractivity contribution in [3.8, 4) is 11.5 Å². The zero-order chi connectivity index (χ0) is 20.2. The quantitative estimate of drug-likeness (QED) is 0.837. The minimum absolute atomic E-state index is 0.139. The Morgan fingerprint density at radius 2 is 1.79 bits per heavy atom. The number of morpholine rings is 1. The fraction of sp³-hybridized carbons (Fsp3) is 0.455. The third-order valence-corrected chi connectivity index (χ3v) is 5.22. The van der Waals surface area contributed by atoms with E-state index in [1.807, 2.05) is 30.3 Å². The first-order chi connectivity index (χ1) is 14.1. The van der Waals surface area contributed by atoms with E-state index in [1.54, 1.807) is 6.20 Å². The first-order valence-electron chi connectivity index (χ1n) is 10.1. The van der Waals surface area contributed by atoms with Gasteiger partial charge in [-0.05, 0) is 35.7 Å². The molecule has 0 spiro atoms. The summed E-state index contributed by atoms with van der Waals surface area (Å²) in [7, 11) is 0. The monoisotopic (exact) mass is 397 g/mol. The second kappa shape index (κ2) is 8.69. The highest BCUT2D eigenvalue weighted by atomic mass is 16.6. The van der Waals surface area contributed by atoms with Gasteiger partial charge in [-0.3, -0.25) is 4.79 Å². The fourth-order valence-electron chi connectivity index (χ4n) is 3.61. The number of rotatable bonds is 5. The molecule has 0 saturated carbocycles. The van der Waals surface area contributed by atoms with Gasteiger partial charge in [0, 0.05) is 19.3 Å². The van der Waals surface area contributed by atoms with Crippen LogP contribution < -0.4 is 19.7 Å². The molecule has 2 aliphatic heterocycles. The van der Waals surface area contributed by atoms with E-state index in [9.17, 15) is 4.79 Å². The van der Waals surface area contributed by atoms with E-state index in [4.69, 9.17) is 14.2 Å². The molecular formula is C22H27N3O4. The third kappa shape index (κ3) is 4.45. The van der Waals surface area contributed by atoms with Gasteiger partial charge in [0.25, 0.3) is 5.91 Å². The Balaban J connectivity index is 1.47. The van der Waals surface area contributed by atoms with Crippen molar-refractivity contribution in [3.05, 3.63) is 47.7 Å². The molecule has 1 N–H and O–H groups in total. The van der Waals surface area contributed by atoms with Crippen molar-refractivity contribution in [2.75, 3.05) is 44.4 Å². The van der Waals surface area contributed by atoms with Crippen LogP contribution in [0.4, 0.5) is 5.82 Å². The van der Waals surface area contributed by atoms with Gasteiger partial charge >= 0.3 is 0 Å². The highest BCUT2D eigenvalue weighted by molar-refractivity contribution is 5.94. The summed E-state index contributed by atoms with van der Waals surface area (Å²) in [5, 5.41) is 3.15. The lowest BCUT2D eigenvalue weighted by Gasteiger charge is -2.28. The summed E-state index contributed by atoms with van der Waals surface area (Å²) < 4.78 is 16.7. The molecule has 154 valence electrons. The summed E-state index contributed by atoms with van der Waals surface area (Å²) in [6, 6.07) is 9.43. The summed E-state index contributed by atoms with van der Waals surface area (Å²) in [5.41, 5.74) is 1.54. The maximum absolute atomic E-state index is 12.9. The molecule has 2 aromatic rings. The van der Waals surface area contributed by atoms with Crippen LogP contribution in [0, 0.1) is 5.92 Å². The van der Waals surface area contributed by atoms with Gasteiger partial charge in [-0.1, -0.05) is 19.9 Å². The number of nitrogens with zero attached hydrogens (tertiary/aromatic N) is 2. The van der Waals surface area contributed by atoms with Gasteiger partial charge in [0.1, 0.15) is 19.0 Å². The average molecular weight is 397 g/mol. The molecule has 0 unspecified atom stereocenters. The number of hydrogen-bond acceptors (Lipinski definition) is 6. The van der Waals surface area contributed by atoms with Gasteiger partial charge in [0.2, 0.25) is 0 Å². The molecule has 7 heteroatoms. The molecule has 1 amide bonds. The molecule has 4 rings (SSSR count). The number of fused-ring (bicyclic) bond motifs is 1. The predicted molar refractivity (Wildman–Crippen MR) is 110 cm³/mol. The van der Waals surface area contributed by atoms with E-state index in [-0.39, 0.29) is 17.9 Å². The van der Waals surface area contributed by atoms with E-state index in [0.717, 1.165) is 36.0 Å². The molecule has 1 aromatic heterocycles. The maximum atomic E-state index is 12.9. The van der Waals surface area contributed by atoms with Crippen LogP contribution in [0.1, 0.15) is 35.8 Å². The molecule has 1 saturated heterocycles. The molecule has 7 nitrogen and oxygen atoms in total. The number of aromatic nitrogens is 1. The smallest absolute Gasteiger partial charge is 0.253 e. The molecule has 1 aromatic carbocycles. The standard InChI is InChI=1S/C22H27N3O4/c1-15(2)21(16-3-5-18-19(13-16)29-12-11-28-18)24-22(26)17-4-6-20(23-14-17)25-7-9-27-10-8-25/h3-6,13-15,21H,7-12H2,1-2H3,(H,24,26)/t21-/m1/s1. The molecule has 2 aliphatic rings. The lowest BCUT2D eigenvalue weighted by Crippen LogP contribution is -2.37. The van der Waals surface area contributed by atoms with Crippen LogP contribution in [0.15, 0.2) is 36.5 Å². The largest absolute Gasteiger partial charge is 0.486 e. The topological polar surface area (TPSA) is 72.9 Å². The number of anilines is 1. The van der Waals surface area contributed by atoms with Gasteiger partial charge in [0.15, 0.2) is 11.5 Å². The molecule has 0 bridgehead atoms. The number of benzene rings is 1. The van der Waals surface area contributed by atoms with Crippen LogP contribution in [0.5, 0.6) is 11.5 Å². The van der Waals surface area contributed by atoms with Crippen LogP contribution in [0.2, 0.25) is 0 Å². The van der Waals surface area contributed by atoms with E-state index < -0.39 is 0 Å². The highest BCUT2D eigenvalue weighted by Gasteiger charge is 2.22. The van der Waals surface area contributed by atoms with Crippen molar-refractivity contribution in [1.82, 2.24) is 10.3 Å². The summed E-state index contributed by atoms with van der Waals surface area (Å²) in [5.74, 6) is 2.42. The van der Waals surface area contributed by atoms with E-state index in [2.05, 4.69) is 29.0 Å². The van der Waals surface area contributed by atoms with Gasteiger partial charge in [0.05, 0.1) is 24.8 Å². The normalized spacial score (nSPS) is 17.1. The molecule has 1 fully saturated rings. The summed E-state index contributed by atoms with van der Waals surface area (Å²) in [4.78, 5) is 19.5. The summed E-state index contributed by atoms with van der Waals surface area (Å²) in [6.45, 7) is 8.31. The number of pyridine rings is 1. The summed E-state index contributed by atoms with van der Waals surface area (Å²) >= 11 is 0. The van der Waals surface area contributed by atoms with Crippen LogP contribution >= 0.6 is 0 Å². The fourth-order valence-corrected chi connectivity index (χ4v) is 3.61. The maximum Gasteiger partial charge on any atom is 0.253 e. The minimum atomic E-state index is -0.141. The average Bonchev–Trinajstić information content (AvgIpc) is 2.77. The Hall–Kier alpha value is -2.80. The predicted octanol–water partition coefficient (Wildman–Crippen LogP) is 2.82. The number of carbonyl (C=O) groups excluding carboxylic acids is 1. The second-order valence-electron chi connectivity index (χ2n) is 7.60. The number of amides is 1. The molecule has 29 heavy (non-hydrogen) atoms. The molecule has 3 heterocycles. The van der Waals surface area contributed by atoms with Crippen LogP contribution in [-0.2, 0) is 4.74 Å². The van der Waals surface area contributed by atoms with E-state index in [0.29, 0.717) is 32.0 Å². The van der Waals surface area contributed by atoms with Crippen molar-refractivity contribution in [2.45, 2.75) is 19.9 Å². The Bertz CT molecular complexity index is 848. The zero-order valence-corrected chi connectivity index (χ0v) is 16.9. The van der Waals surface area contributed by atoms with Gasteiger partial charge in [-0.25, -0.2) is 4.98 Å². The zero-order valence-electron chi connectivity index (χ0n) is 16.9. The molecule has 1 atom stereocenters. The molecule has 0 aliphatic carbocycles. The Labute approximate surface area is 171 Å². The van der Waals surface area contributed by atoms with Crippen molar-refractivity contribution in [1.29, 1.82) is 0 Å². The SMILES string of the molecule is CC(C)[C@@H](NC(=O)c1ccc(N2CCOCC2)nc1)c1ccc2c(c1)OCCO2. The van der Waals surface area contributed by atoms with Gasteiger partial charge < -0.3 is 24.4 Å². The highest BCUT2D eigenvalue weighted by Crippen LogP contribution is 2.34. The van der Waals surface area contributed by atoms with Crippen molar-refractivity contribution >= 4 is 11.7 Å².